The van der Waals surface area contributed by atoms with Crippen LogP contribution >= 0.6 is 0 Å². The highest BCUT2D eigenvalue weighted by atomic mass is 19.4. The van der Waals surface area contributed by atoms with Gasteiger partial charge in [-0.05, 0) is 43.5 Å². The van der Waals surface area contributed by atoms with E-state index < -0.39 is 11.7 Å². The fourth-order valence-corrected chi connectivity index (χ4v) is 2.45. The van der Waals surface area contributed by atoms with E-state index in [0.29, 0.717) is 11.3 Å². The van der Waals surface area contributed by atoms with E-state index in [1.54, 1.807) is 24.3 Å². The SMILES string of the molecule is CC(C)c1ccc(-c2cccn2C(C)C)c(C(F)(F)F)c1. The van der Waals surface area contributed by atoms with E-state index in [0.717, 1.165) is 0 Å². The van der Waals surface area contributed by atoms with Crippen molar-refractivity contribution in [1.82, 2.24) is 4.57 Å². The predicted octanol–water partition coefficient (Wildman–Crippen LogP) is 5.88. The smallest absolute Gasteiger partial charge is 0.345 e. The third-order valence-electron chi connectivity index (χ3n) is 3.63. The Hall–Kier alpha value is -1.71. The molecule has 0 fully saturated rings. The topological polar surface area (TPSA) is 4.93 Å². The number of nitrogens with zero attached hydrogens (tertiary/aromatic N) is 1. The van der Waals surface area contributed by atoms with Gasteiger partial charge in [0.25, 0.3) is 0 Å². The van der Waals surface area contributed by atoms with Crippen LogP contribution in [0, 0.1) is 0 Å². The molecule has 1 nitrogen and oxygen atoms in total. The predicted molar refractivity (Wildman–Crippen MR) is 79.3 cm³/mol. The maximum atomic E-state index is 13.4. The molecule has 114 valence electrons. The Morgan fingerprint density at radius 3 is 2.19 bits per heavy atom. The van der Waals surface area contributed by atoms with Crippen molar-refractivity contribution in [3.8, 4) is 11.3 Å². The van der Waals surface area contributed by atoms with Crippen molar-refractivity contribution in [3.63, 3.8) is 0 Å². The van der Waals surface area contributed by atoms with Crippen LogP contribution in [0.2, 0.25) is 0 Å². The van der Waals surface area contributed by atoms with Crippen LogP contribution in [0.1, 0.15) is 50.8 Å². The van der Waals surface area contributed by atoms with Gasteiger partial charge in [-0.25, -0.2) is 0 Å². The number of halogens is 3. The van der Waals surface area contributed by atoms with Gasteiger partial charge in [0, 0.05) is 23.5 Å². The third-order valence-corrected chi connectivity index (χ3v) is 3.63. The van der Waals surface area contributed by atoms with Crippen LogP contribution in [-0.4, -0.2) is 4.57 Å². The molecule has 0 amide bonds. The van der Waals surface area contributed by atoms with Gasteiger partial charge in [-0.1, -0.05) is 26.0 Å². The van der Waals surface area contributed by atoms with Crippen molar-refractivity contribution in [2.24, 2.45) is 0 Å². The third kappa shape index (κ3) is 3.14. The first-order valence-corrected chi connectivity index (χ1v) is 7.10. The monoisotopic (exact) mass is 295 g/mol. The van der Waals surface area contributed by atoms with Gasteiger partial charge in [-0.15, -0.1) is 0 Å². The normalized spacial score (nSPS) is 12.4. The molecule has 0 saturated carbocycles. The van der Waals surface area contributed by atoms with Gasteiger partial charge in [0.2, 0.25) is 0 Å². The molecule has 1 heterocycles. The molecule has 0 aliphatic heterocycles. The van der Waals surface area contributed by atoms with Crippen molar-refractivity contribution in [2.75, 3.05) is 0 Å². The Morgan fingerprint density at radius 2 is 1.67 bits per heavy atom. The molecule has 21 heavy (non-hydrogen) atoms. The summed E-state index contributed by atoms with van der Waals surface area (Å²) in [6.07, 6.45) is -2.54. The van der Waals surface area contributed by atoms with Crippen LogP contribution in [0.25, 0.3) is 11.3 Å². The van der Waals surface area contributed by atoms with Crippen molar-refractivity contribution >= 4 is 0 Å². The summed E-state index contributed by atoms with van der Waals surface area (Å²) in [5.41, 5.74) is 0.987. The van der Waals surface area contributed by atoms with E-state index in [9.17, 15) is 13.2 Å². The van der Waals surface area contributed by atoms with Gasteiger partial charge in [0.1, 0.15) is 0 Å². The first kappa shape index (κ1) is 15.7. The first-order chi connectivity index (χ1) is 9.71. The molecule has 0 radical (unpaired) electrons. The van der Waals surface area contributed by atoms with Gasteiger partial charge >= 0.3 is 6.18 Å². The summed E-state index contributed by atoms with van der Waals surface area (Å²) < 4.78 is 42.1. The molecule has 1 aromatic carbocycles. The summed E-state index contributed by atoms with van der Waals surface area (Å²) in [5, 5.41) is 0. The molecular formula is C17H20F3N. The number of alkyl halides is 3. The Bertz CT molecular complexity index is 621. The Kier molecular flexibility index (Phi) is 4.17. The van der Waals surface area contributed by atoms with E-state index in [1.807, 2.05) is 38.5 Å². The minimum absolute atomic E-state index is 0.0667. The van der Waals surface area contributed by atoms with Crippen molar-refractivity contribution in [1.29, 1.82) is 0 Å². The van der Waals surface area contributed by atoms with Crippen LogP contribution < -0.4 is 0 Å². The zero-order valence-corrected chi connectivity index (χ0v) is 12.7. The van der Waals surface area contributed by atoms with Crippen molar-refractivity contribution in [3.05, 3.63) is 47.7 Å². The largest absolute Gasteiger partial charge is 0.417 e. The number of rotatable bonds is 3. The minimum Gasteiger partial charge on any atom is -0.345 e. The first-order valence-electron chi connectivity index (χ1n) is 7.10. The molecule has 0 saturated heterocycles. The van der Waals surface area contributed by atoms with Crippen LogP contribution in [0.15, 0.2) is 36.5 Å². The Balaban J connectivity index is 2.66. The molecule has 0 unspecified atom stereocenters. The standard InChI is InChI=1S/C17H20F3N/c1-11(2)13-7-8-14(15(10-13)17(18,19)20)16-6-5-9-21(16)12(3)4/h5-12H,1-4H3. The fourth-order valence-electron chi connectivity index (χ4n) is 2.45. The van der Waals surface area contributed by atoms with Gasteiger partial charge in [0.15, 0.2) is 0 Å². The maximum Gasteiger partial charge on any atom is 0.417 e. The second-order valence-corrected chi connectivity index (χ2v) is 5.85. The van der Waals surface area contributed by atoms with E-state index in [-0.39, 0.29) is 17.5 Å². The maximum absolute atomic E-state index is 13.4. The number of hydrogen-bond donors (Lipinski definition) is 0. The number of aromatic nitrogens is 1. The molecule has 0 N–H and O–H groups in total. The molecule has 0 spiro atoms. The summed E-state index contributed by atoms with van der Waals surface area (Å²) in [4.78, 5) is 0. The van der Waals surface area contributed by atoms with Crippen molar-refractivity contribution < 1.29 is 13.2 Å². The highest BCUT2D eigenvalue weighted by Crippen LogP contribution is 2.39. The summed E-state index contributed by atoms with van der Waals surface area (Å²) >= 11 is 0. The second-order valence-electron chi connectivity index (χ2n) is 5.85. The van der Waals surface area contributed by atoms with E-state index in [1.165, 1.54) is 6.07 Å². The van der Waals surface area contributed by atoms with Gasteiger partial charge in [-0.2, -0.15) is 13.2 Å². The molecule has 0 aliphatic rings. The van der Waals surface area contributed by atoms with Crippen LogP contribution in [0.3, 0.4) is 0 Å². The lowest BCUT2D eigenvalue weighted by atomic mass is 9.95. The zero-order valence-electron chi connectivity index (χ0n) is 12.7. The molecule has 4 heteroatoms. The Labute approximate surface area is 123 Å². The summed E-state index contributed by atoms with van der Waals surface area (Å²) in [6, 6.07) is 8.28. The number of benzene rings is 1. The van der Waals surface area contributed by atoms with Crippen LogP contribution in [-0.2, 0) is 6.18 Å². The molecule has 2 aromatic rings. The quantitative estimate of drug-likeness (QED) is 0.666. The van der Waals surface area contributed by atoms with E-state index in [2.05, 4.69) is 0 Å². The summed E-state index contributed by atoms with van der Waals surface area (Å²) in [5.74, 6) is 0.0667. The fraction of sp³-hybridized carbons (Fsp3) is 0.412. The van der Waals surface area contributed by atoms with Crippen LogP contribution in [0.4, 0.5) is 13.2 Å². The lowest BCUT2D eigenvalue weighted by Crippen LogP contribution is -2.10. The highest BCUT2D eigenvalue weighted by molar-refractivity contribution is 5.66. The molecule has 0 aliphatic carbocycles. The zero-order chi connectivity index (χ0) is 15.8. The van der Waals surface area contributed by atoms with Gasteiger partial charge in [0.05, 0.1) is 5.56 Å². The second kappa shape index (κ2) is 5.58. The van der Waals surface area contributed by atoms with Gasteiger partial charge in [-0.3, -0.25) is 0 Å². The average molecular weight is 295 g/mol. The molecular weight excluding hydrogens is 275 g/mol. The van der Waals surface area contributed by atoms with Crippen LogP contribution in [0.5, 0.6) is 0 Å². The highest BCUT2D eigenvalue weighted by Gasteiger charge is 2.34. The molecule has 2 rings (SSSR count). The van der Waals surface area contributed by atoms with E-state index >= 15 is 0 Å². The minimum atomic E-state index is -4.35. The molecule has 0 bridgehead atoms. The molecule has 1 aromatic heterocycles. The van der Waals surface area contributed by atoms with Crippen molar-refractivity contribution in [2.45, 2.75) is 45.8 Å². The lowest BCUT2D eigenvalue weighted by molar-refractivity contribution is -0.137. The summed E-state index contributed by atoms with van der Waals surface area (Å²) in [6.45, 7) is 7.70. The van der Waals surface area contributed by atoms with E-state index in [4.69, 9.17) is 0 Å². The Morgan fingerprint density at radius 1 is 1.00 bits per heavy atom. The summed E-state index contributed by atoms with van der Waals surface area (Å²) in [7, 11) is 0. The average Bonchev–Trinajstić information content (AvgIpc) is 2.86. The van der Waals surface area contributed by atoms with Gasteiger partial charge < -0.3 is 4.57 Å². The molecule has 0 atom stereocenters. The lowest BCUT2D eigenvalue weighted by Gasteiger charge is -2.19. The number of hydrogen-bond acceptors (Lipinski definition) is 0.